The predicted octanol–water partition coefficient (Wildman–Crippen LogP) is 2.96. The normalized spacial score (nSPS) is 21.2. The maximum Gasteiger partial charge on any atom is 0.513 e. The number of amides is 1. The molecular weight excluding hydrogens is 343 g/mol. The molecule has 0 N–H and O–H groups in total. The van der Waals surface area contributed by atoms with Gasteiger partial charge in [0.15, 0.2) is 0 Å². The molecule has 3 heterocycles. The second-order valence-electron chi connectivity index (χ2n) is 9.37. The molecule has 0 radical (unpaired) electrons. The molecular formula is C20H31BN2O4. The molecule has 2 fully saturated rings. The number of hydrogen-bond donors (Lipinski definition) is 0. The van der Waals surface area contributed by atoms with Gasteiger partial charge < -0.3 is 18.9 Å². The number of nitrogens with zero attached hydrogens (tertiary/aromatic N) is 2. The van der Waals surface area contributed by atoms with Crippen molar-refractivity contribution < 1.29 is 18.8 Å². The molecule has 1 aromatic heterocycles. The zero-order chi connectivity index (χ0) is 19.7. The molecule has 0 atom stereocenters. The topological polar surface area (TPSA) is 60.9 Å². The lowest BCUT2D eigenvalue weighted by molar-refractivity contribution is 0.0205. The molecule has 0 bridgehead atoms. The Kier molecular flexibility index (Phi) is 5.82. The van der Waals surface area contributed by atoms with E-state index in [-0.39, 0.29) is 18.6 Å². The minimum atomic E-state index is -0.456. The lowest BCUT2D eigenvalue weighted by Crippen LogP contribution is -2.48. The van der Waals surface area contributed by atoms with Crippen LogP contribution < -0.4 is 5.59 Å². The largest absolute Gasteiger partial charge is 0.513 e. The number of carbonyl (C=O) groups is 1. The summed E-state index contributed by atoms with van der Waals surface area (Å²) in [5.74, 6) is 0.408. The van der Waals surface area contributed by atoms with Crippen LogP contribution in [0.5, 0.6) is 0 Å². The first-order valence-electron chi connectivity index (χ1n) is 9.80. The van der Waals surface area contributed by atoms with Gasteiger partial charge in [-0.3, -0.25) is 4.98 Å². The molecule has 0 aromatic carbocycles. The predicted molar refractivity (Wildman–Crippen MR) is 105 cm³/mol. The van der Waals surface area contributed by atoms with Gasteiger partial charge in [0, 0.05) is 37.9 Å². The number of likely N-dealkylation sites (tertiary alicyclic amines) is 1. The van der Waals surface area contributed by atoms with Gasteiger partial charge in [-0.15, -0.1) is 0 Å². The fourth-order valence-electron chi connectivity index (χ4n) is 3.43. The first kappa shape index (κ1) is 20.1. The van der Waals surface area contributed by atoms with E-state index in [1.165, 1.54) is 5.56 Å². The van der Waals surface area contributed by atoms with Crippen molar-refractivity contribution in [1.82, 2.24) is 9.88 Å². The highest BCUT2D eigenvalue weighted by molar-refractivity contribution is 6.60. The first-order valence-corrected chi connectivity index (χ1v) is 9.80. The van der Waals surface area contributed by atoms with E-state index in [0.717, 1.165) is 18.4 Å². The second kappa shape index (κ2) is 7.80. The monoisotopic (exact) mass is 374 g/mol. The van der Waals surface area contributed by atoms with Crippen molar-refractivity contribution in [3.63, 3.8) is 0 Å². The van der Waals surface area contributed by atoms with E-state index in [1.807, 2.05) is 27.0 Å². The van der Waals surface area contributed by atoms with Crippen LogP contribution in [0.15, 0.2) is 18.3 Å². The number of pyridine rings is 1. The molecule has 0 saturated carbocycles. The fraction of sp³-hybridized carbons (Fsp3) is 0.700. The van der Waals surface area contributed by atoms with E-state index in [4.69, 9.17) is 14.0 Å². The van der Waals surface area contributed by atoms with E-state index in [1.54, 1.807) is 4.90 Å². The van der Waals surface area contributed by atoms with Crippen LogP contribution in [-0.2, 0) is 14.0 Å². The molecule has 2 saturated heterocycles. The summed E-state index contributed by atoms with van der Waals surface area (Å²) in [4.78, 5) is 18.5. The lowest BCUT2D eigenvalue weighted by atomic mass is 9.78. The van der Waals surface area contributed by atoms with E-state index in [0.29, 0.717) is 32.2 Å². The number of aromatic nitrogens is 1. The van der Waals surface area contributed by atoms with Crippen molar-refractivity contribution in [1.29, 1.82) is 0 Å². The van der Waals surface area contributed by atoms with Gasteiger partial charge >= 0.3 is 13.2 Å². The van der Waals surface area contributed by atoms with Gasteiger partial charge in [-0.25, -0.2) is 4.79 Å². The third kappa shape index (κ3) is 5.45. The van der Waals surface area contributed by atoms with Gasteiger partial charge in [0.25, 0.3) is 0 Å². The van der Waals surface area contributed by atoms with E-state index in [2.05, 4.69) is 31.0 Å². The van der Waals surface area contributed by atoms with Crippen molar-refractivity contribution in [2.24, 2.45) is 5.41 Å². The number of ether oxygens (including phenoxy) is 1. The molecule has 2 aliphatic heterocycles. The van der Waals surface area contributed by atoms with Crippen LogP contribution in [0, 0.1) is 5.41 Å². The van der Waals surface area contributed by atoms with Crippen LogP contribution in [-0.4, -0.2) is 55.0 Å². The van der Waals surface area contributed by atoms with Crippen LogP contribution in [0.3, 0.4) is 0 Å². The Balaban J connectivity index is 1.58. The molecule has 1 amide bonds. The quantitative estimate of drug-likeness (QED) is 0.745. The van der Waals surface area contributed by atoms with E-state index < -0.39 is 5.60 Å². The Morgan fingerprint density at radius 1 is 1.26 bits per heavy atom. The highest BCUT2D eigenvalue weighted by atomic mass is 16.6. The number of rotatable bonds is 2. The summed E-state index contributed by atoms with van der Waals surface area (Å²) >= 11 is 0. The van der Waals surface area contributed by atoms with Gasteiger partial charge in [0.1, 0.15) is 5.60 Å². The Hall–Kier alpha value is -1.60. The van der Waals surface area contributed by atoms with Crippen LogP contribution in [0.25, 0.3) is 0 Å². The highest BCUT2D eigenvalue weighted by Gasteiger charge is 2.35. The first-order chi connectivity index (χ1) is 12.6. The highest BCUT2D eigenvalue weighted by Crippen LogP contribution is 2.28. The molecule has 6 nitrogen and oxygen atoms in total. The average molecular weight is 374 g/mol. The van der Waals surface area contributed by atoms with Crippen molar-refractivity contribution in [3.8, 4) is 0 Å². The molecule has 0 aliphatic carbocycles. The maximum absolute atomic E-state index is 12.2. The van der Waals surface area contributed by atoms with Crippen molar-refractivity contribution in [2.75, 3.05) is 26.3 Å². The SMILES string of the molecule is CC1(C)COB(c2cc(C3CCN(C(=O)OC(C)(C)C)CC3)ccn2)OC1. The minimum Gasteiger partial charge on any atom is -0.444 e. The average Bonchev–Trinajstić information content (AvgIpc) is 2.60. The standard InChI is InChI=1S/C20H31BN2O4/c1-19(2,3)27-18(24)23-10-7-15(8-11-23)16-6-9-22-17(12-16)21-25-13-20(4,5)14-26-21/h6,9,12,15H,7-8,10-11,13-14H2,1-5H3. The van der Waals surface area contributed by atoms with Gasteiger partial charge in [-0.2, -0.15) is 0 Å². The smallest absolute Gasteiger partial charge is 0.444 e. The summed E-state index contributed by atoms with van der Waals surface area (Å²) in [6.07, 6.45) is 3.45. The van der Waals surface area contributed by atoms with Gasteiger partial charge in [-0.1, -0.05) is 13.8 Å². The molecule has 7 heteroatoms. The molecule has 2 aliphatic rings. The summed E-state index contributed by atoms with van der Waals surface area (Å²) in [5.41, 5.74) is 1.66. The number of hydrogen-bond acceptors (Lipinski definition) is 5. The summed E-state index contributed by atoms with van der Waals surface area (Å²) in [6.45, 7) is 12.7. The Morgan fingerprint density at radius 2 is 1.89 bits per heavy atom. The van der Waals surface area contributed by atoms with Gasteiger partial charge in [0.2, 0.25) is 0 Å². The van der Waals surface area contributed by atoms with Crippen LogP contribution in [0.2, 0.25) is 0 Å². The van der Waals surface area contributed by atoms with Crippen molar-refractivity contribution in [3.05, 3.63) is 23.9 Å². The minimum absolute atomic E-state index is 0.0442. The van der Waals surface area contributed by atoms with E-state index >= 15 is 0 Å². The Bertz CT molecular complexity index is 656. The molecule has 148 valence electrons. The van der Waals surface area contributed by atoms with Gasteiger partial charge in [-0.05, 0) is 57.2 Å². The van der Waals surface area contributed by atoms with Crippen LogP contribution in [0.1, 0.15) is 58.9 Å². The second-order valence-corrected chi connectivity index (χ2v) is 9.37. The maximum atomic E-state index is 12.2. The van der Waals surface area contributed by atoms with Crippen LogP contribution >= 0.6 is 0 Å². The third-order valence-electron chi connectivity index (χ3n) is 4.92. The molecule has 3 rings (SSSR count). The number of carbonyl (C=O) groups excluding carboxylic acids is 1. The summed E-state index contributed by atoms with van der Waals surface area (Å²) in [5, 5.41) is 0. The van der Waals surface area contributed by atoms with E-state index in [9.17, 15) is 4.79 Å². The summed E-state index contributed by atoms with van der Waals surface area (Å²) in [6, 6.07) is 4.15. The fourth-order valence-corrected chi connectivity index (χ4v) is 3.43. The third-order valence-corrected chi connectivity index (χ3v) is 4.92. The van der Waals surface area contributed by atoms with Crippen LogP contribution in [0.4, 0.5) is 4.79 Å². The zero-order valence-electron chi connectivity index (χ0n) is 17.2. The molecule has 0 unspecified atom stereocenters. The summed E-state index contributed by atoms with van der Waals surface area (Å²) in [7, 11) is -0.389. The summed E-state index contributed by atoms with van der Waals surface area (Å²) < 4.78 is 17.2. The Labute approximate surface area is 162 Å². The Morgan fingerprint density at radius 3 is 2.48 bits per heavy atom. The lowest BCUT2D eigenvalue weighted by Gasteiger charge is -2.34. The number of piperidine rings is 1. The molecule has 0 spiro atoms. The molecule has 27 heavy (non-hydrogen) atoms. The van der Waals surface area contributed by atoms with Crippen molar-refractivity contribution in [2.45, 2.75) is 59.0 Å². The van der Waals surface area contributed by atoms with Crippen molar-refractivity contribution >= 4 is 18.8 Å². The van der Waals surface area contributed by atoms with Gasteiger partial charge in [0.05, 0.1) is 5.59 Å². The molecule has 1 aromatic rings. The zero-order valence-corrected chi connectivity index (χ0v) is 17.2.